The molecule has 10 nitrogen and oxygen atoms in total. The van der Waals surface area contributed by atoms with Gasteiger partial charge in [-0.1, -0.05) is 12.1 Å². The Morgan fingerprint density at radius 1 is 0.844 bits per heavy atom. The topological polar surface area (TPSA) is 134 Å². The zero-order valence-electron chi connectivity index (χ0n) is 19.0. The third kappa shape index (κ3) is 8.81. The Labute approximate surface area is 188 Å². The summed E-state index contributed by atoms with van der Waals surface area (Å²) < 4.78 is 0. The first kappa shape index (κ1) is 25.6. The van der Waals surface area contributed by atoms with E-state index in [2.05, 4.69) is 26.1 Å². The summed E-state index contributed by atoms with van der Waals surface area (Å²) in [5.41, 5.74) is 1.71. The van der Waals surface area contributed by atoms with Crippen molar-refractivity contribution in [3.8, 4) is 0 Å². The van der Waals surface area contributed by atoms with Crippen LogP contribution in [-0.4, -0.2) is 106 Å². The summed E-state index contributed by atoms with van der Waals surface area (Å²) in [5.74, 6) is -2.95. The maximum Gasteiger partial charge on any atom is 0.317 e. The van der Waals surface area contributed by atoms with Gasteiger partial charge in [-0.25, -0.2) is 0 Å². The number of hydrogen-bond donors (Lipinski definition) is 4. The van der Waals surface area contributed by atoms with Gasteiger partial charge in [0.1, 0.15) is 0 Å². The van der Waals surface area contributed by atoms with Crippen molar-refractivity contribution >= 4 is 23.6 Å². The van der Waals surface area contributed by atoms with Crippen molar-refractivity contribution in [2.45, 2.75) is 32.4 Å². The maximum atomic E-state index is 11.6. The number of nitrogens with one attached hydrogen (secondary N) is 1. The first-order chi connectivity index (χ1) is 14.9. The predicted octanol–water partition coefficient (Wildman–Crippen LogP) is 1.11. The van der Waals surface area contributed by atoms with E-state index in [1.807, 2.05) is 24.3 Å². The maximum absolute atomic E-state index is 11.6. The molecule has 1 unspecified atom stereocenters. The van der Waals surface area contributed by atoms with E-state index < -0.39 is 17.9 Å². The highest BCUT2D eigenvalue weighted by atomic mass is 16.4. The Balaban J connectivity index is 2.35. The first-order valence-electron chi connectivity index (χ1n) is 10.7. The van der Waals surface area contributed by atoms with Crippen LogP contribution < -0.4 is 5.32 Å². The molecule has 10 heteroatoms. The minimum atomic E-state index is -0.991. The molecule has 0 saturated carbocycles. The Bertz CT molecular complexity index is 793. The SMILES string of the molecule is CC(C)(C)Nc1ccc(C2CN(CC(=O)O)CCN(CC(=O)O)CCN2CC(=O)O)cc1. The highest BCUT2D eigenvalue weighted by Crippen LogP contribution is 2.25. The molecule has 1 saturated heterocycles. The predicted molar refractivity (Wildman–Crippen MR) is 120 cm³/mol. The number of carbonyl (C=O) groups is 3. The summed E-state index contributed by atoms with van der Waals surface area (Å²) in [4.78, 5) is 39.5. The van der Waals surface area contributed by atoms with Crippen LogP contribution in [0, 0.1) is 0 Å². The first-order valence-corrected chi connectivity index (χ1v) is 10.7. The largest absolute Gasteiger partial charge is 0.480 e. The number of aliphatic carboxylic acids is 3. The lowest BCUT2D eigenvalue weighted by molar-refractivity contribution is -0.140. The van der Waals surface area contributed by atoms with Gasteiger partial charge in [-0.2, -0.15) is 0 Å². The summed E-state index contributed by atoms with van der Waals surface area (Å²) in [7, 11) is 0. The van der Waals surface area contributed by atoms with Crippen LogP contribution in [0.2, 0.25) is 0 Å². The van der Waals surface area contributed by atoms with Crippen LogP contribution in [-0.2, 0) is 14.4 Å². The molecule has 1 fully saturated rings. The molecule has 1 aliphatic rings. The molecule has 0 spiro atoms. The van der Waals surface area contributed by atoms with Gasteiger partial charge in [0.15, 0.2) is 0 Å². The van der Waals surface area contributed by atoms with E-state index in [0.29, 0.717) is 32.7 Å². The second-order valence-corrected chi connectivity index (χ2v) is 9.18. The average molecular weight is 451 g/mol. The molecule has 1 atom stereocenters. The highest BCUT2D eigenvalue weighted by molar-refractivity contribution is 5.70. The number of anilines is 1. The van der Waals surface area contributed by atoms with Crippen molar-refractivity contribution < 1.29 is 29.7 Å². The number of carboxylic acid groups (broad SMARTS) is 3. The van der Waals surface area contributed by atoms with Crippen LogP contribution in [0.4, 0.5) is 5.69 Å². The second kappa shape index (κ2) is 11.3. The zero-order valence-corrected chi connectivity index (χ0v) is 19.0. The van der Waals surface area contributed by atoms with Crippen LogP contribution in [0.1, 0.15) is 32.4 Å². The number of benzene rings is 1. The van der Waals surface area contributed by atoms with E-state index in [0.717, 1.165) is 11.3 Å². The van der Waals surface area contributed by atoms with E-state index in [-0.39, 0.29) is 31.2 Å². The van der Waals surface area contributed by atoms with Gasteiger partial charge in [0, 0.05) is 50.0 Å². The number of nitrogens with zero attached hydrogens (tertiary/aromatic N) is 3. The fourth-order valence-corrected chi connectivity index (χ4v) is 3.86. The van der Waals surface area contributed by atoms with Crippen molar-refractivity contribution in [2.24, 2.45) is 0 Å². The standard InChI is InChI=1S/C22H34N4O6/c1-22(2,3)23-17-6-4-16(5-7-17)18-12-25(14-20(29)30)9-8-24(13-19(27)28)10-11-26(18)15-21(31)32/h4-7,18,23H,8-15H2,1-3H3,(H,27,28)(H,29,30)(H,31,32). The number of hydrogen-bond acceptors (Lipinski definition) is 7. The van der Waals surface area contributed by atoms with Crippen molar-refractivity contribution in [1.82, 2.24) is 14.7 Å². The van der Waals surface area contributed by atoms with Crippen molar-refractivity contribution in [1.29, 1.82) is 0 Å². The van der Waals surface area contributed by atoms with Crippen molar-refractivity contribution in [3.05, 3.63) is 29.8 Å². The molecule has 1 aromatic rings. The van der Waals surface area contributed by atoms with Crippen LogP contribution in [0.3, 0.4) is 0 Å². The molecule has 0 radical (unpaired) electrons. The van der Waals surface area contributed by atoms with Gasteiger partial charge in [0.05, 0.1) is 19.6 Å². The molecule has 1 aliphatic heterocycles. The smallest absolute Gasteiger partial charge is 0.317 e. The van der Waals surface area contributed by atoms with Gasteiger partial charge >= 0.3 is 17.9 Å². The monoisotopic (exact) mass is 450 g/mol. The summed E-state index contributed by atoms with van der Waals surface area (Å²) in [6.45, 7) is 7.38. The molecule has 1 heterocycles. The zero-order chi connectivity index (χ0) is 23.9. The quantitative estimate of drug-likeness (QED) is 0.456. The van der Waals surface area contributed by atoms with Gasteiger partial charge in [-0.05, 0) is 38.5 Å². The van der Waals surface area contributed by atoms with Gasteiger partial charge in [-0.15, -0.1) is 0 Å². The normalized spacial score (nSPS) is 19.5. The van der Waals surface area contributed by atoms with E-state index >= 15 is 0 Å². The van der Waals surface area contributed by atoms with Gasteiger partial charge < -0.3 is 20.6 Å². The van der Waals surface area contributed by atoms with Gasteiger partial charge in [0.2, 0.25) is 0 Å². The molecule has 178 valence electrons. The van der Waals surface area contributed by atoms with Crippen LogP contribution in [0.5, 0.6) is 0 Å². The molecule has 0 amide bonds. The number of carboxylic acids is 3. The molecule has 32 heavy (non-hydrogen) atoms. The molecule has 4 N–H and O–H groups in total. The summed E-state index contributed by atoms with van der Waals surface area (Å²) in [6.07, 6.45) is 0. The molecular formula is C22H34N4O6. The molecule has 2 rings (SSSR count). The van der Waals surface area contributed by atoms with E-state index in [1.165, 1.54) is 0 Å². The van der Waals surface area contributed by atoms with Crippen molar-refractivity contribution in [3.63, 3.8) is 0 Å². The third-order valence-corrected chi connectivity index (χ3v) is 5.18. The molecule has 1 aromatic carbocycles. The summed E-state index contributed by atoms with van der Waals surface area (Å²) in [5, 5.41) is 31.4. The lowest BCUT2D eigenvalue weighted by Crippen LogP contribution is -2.42. The van der Waals surface area contributed by atoms with Crippen molar-refractivity contribution in [2.75, 3.05) is 57.7 Å². The Hall–Kier alpha value is -2.69. The van der Waals surface area contributed by atoms with Crippen LogP contribution >= 0.6 is 0 Å². The lowest BCUT2D eigenvalue weighted by Gasteiger charge is -2.33. The Morgan fingerprint density at radius 3 is 1.88 bits per heavy atom. The molecular weight excluding hydrogens is 416 g/mol. The van der Waals surface area contributed by atoms with E-state index in [4.69, 9.17) is 0 Å². The highest BCUT2D eigenvalue weighted by Gasteiger charge is 2.28. The molecule has 0 aliphatic carbocycles. The Kier molecular flexibility index (Phi) is 8.99. The fraction of sp³-hybridized carbons (Fsp3) is 0.591. The second-order valence-electron chi connectivity index (χ2n) is 9.18. The molecule has 0 bridgehead atoms. The van der Waals surface area contributed by atoms with Gasteiger partial charge in [-0.3, -0.25) is 29.1 Å². The summed E-state index contributed by atoms with van der Waals surface area (Å²) in [6, 6.07) is 7.38. The van der Waals surface area contributed by atoms with E-state index in [1.54, 1.807) is 14.7 Å². The van der Waals surface area contributed by atoms with Gasteiger partial charge in [0.25, 0.3) is 0 Å². The third-order valence-electron chi connectivity index (χ3n) is 5.18. The summed E-state index contributed by atoms with van der Waals surface area (Å²) >= 11 is 0. The minimum absolute atomic E-state index is 0.110. The lowest BCUT2D eigenvalue weighted by atomic mass is 10.0. The number of rotatable bonds is 8. The van der Waals surface area contributed by atoms with Crippen LogP contribution in [0.15, 0.2) is 24.3 Å². The van der Waals surface area contributed by atoms with E-state index in [9.17, 15) is 29.7 Å². The fourth-order valence-electron chi connectivity index (χ4n) is 3.86. The minimum Gasteiger partial charge on any atom is -0.480 e. The average Bonchev–Trinajstić information content (AvgIpc) is 2.71. The molecule has 0 aromatic heterocycles. The Morgan fingerprint density at radius 2 is 1.34 bits per heavy atom. The van der Waals surface area contributed by atoms with Crippen LogP contribution in [0.25, 0.3) is 0 Å².